The van der Waals surface area contributed by atoms with Crippen LogP contribution in [0, 0.1) is 15.9 Å². The number of hydrogen-bond acceptors (Lipinski definition) is 5. The van der Waals surface area contributed by atoms with Crippen LogP contribution in [0.15, 0.2) is 18.2 Å². The maximum absolute atomic E-state index is 13.4. The molecule has 1 rings (SSSR count). The summed E-state index contributed by atoms with van der Waals surface area (Å²) < 4.78 is 18.0. The van der Waals surface area contributed by atoms with Crippen molar-refractivity contribution in [3.63, 3.8) is 0 Å². The molecular weight excluding hydrogens is 275 g/mol. The Hall–Kier alpha value is -2.55. The Balaban J connectivity index is 2.84. The van der Waals surface area contributed by atoms with Crippen LogP contribution in [0.1, 0.15) is 10.4 Å². The van der Waals surface area contributed by atoms with Gasteiger partial charge in [-0.3, -0.25) is 14.9 Å². The molecule has 2 N–H and O–H groups in total. The molecule has 0 saturated heterocycles. The number of carboxylic acid groups (broad SMARTS) is 1. The minimum atomic E-state index is -1.30. The second kappa shape index (κ2) is 6.57. The second-order valence-electron chi connectivity index (χ2n) is 3.69. The molecule has 0 aromatic heterocycles. The largest absolute Gasteiger partial charge is 0.479 e. The van der Waals surface area contributed by atoms with E-state index in [0.717, 1.165) is 25.3 Å². The zero-order chi connectivity index (χ0) is 15.3. The van der Waals surface area contributed by atoms with Gasteiger partial charge in [0, 0.05) is 19.2 Å². The van der Waals surface area contributed by atoms with Crippen LogP contribution in [0.3, 0.4) is 0 Å². The van der Waals surface area contributed by atoms with Gasteiger partial charge in [0.1, 0.15) is 5.82 Å². The number of carboxylic acids is 1. The Kier molecular flexibility index (Phi) is 5.09. The van der Waals surface area contributed by atoms with Crippen LogP contribution < -0.4 is 5.32 Å². The van der Waals surface area contributed by atoms with Gasteiger partial charge in [-0.25, -0.2) is 9.18 Å². The Bertz CT molecular complexity index is 548. The van der Waals surface area contributed by atoms with Crippen molar-refractivity contribution < 1.29 is 28.7 Å². The summed E-state index contributed by atoms with van der Waals surface area (Å²) >= 11 is 0. The quantitative estimate of drug-likeness (QED) is 0.582. The van der Waals surface area contributed by atoms with Crippen molar-refractivity contribution in [2.45, 2.75) is 6.10 Å². The average Bonchev–Trinajstić information content (AvgIpc) is 2.38. The summed E-state index contributed by atoms with van der Waals surface area (Å²) in [4.78, 5) is 32.1. The summed E-state index contributed by atoms with van der Waals surface area (Å²) in [5, 5.41) is 21.4. The Morgan fingerprint density at radius 2 is 2.20 bits per heavy atom. The molecule has 0 aliphatic heterocycles. The number of nitrogens with one attached hydrogen (secondary N) is 1. The summed E-state index contributed by atoms with van der Waals surface area (Å²) in [6.07, 6.45) is -1.29. The predicted molar refractivity (Wildman–Crippen MR) is 63.8 cm³/mol. The highest BCUT2D eigenvalue weighted by Gasteiger charge is 2.20. The van der Waals surface area contributed by atoms with Crippen LogP contribution in [-0.4, -0.2) is 41.7 Å². The third-order valence-electron chi connectivity index (χ3n) is 2.41. The molecule has 0 radical (unpaired) electrons. The lowest BCUT2D eigenvalue weighted by molar-refractivity contribution is -0.384. The van der Waals surface area contributed by atoms with Crippen molar-refractivity contribution in [3.8, 4) is 0 Å². The molecule has 0 bridgehead atoms. The fourth-order valence-corrected chi connectivity index (χ4v) is 1.35. The molecule has 0 aliphatic carbocycles. The fraction of sp³-hybridized carbons (Fsp3) is 0.273. The predicted octanol–water partition coefficient (Wildman–Crippen LogP) is 0.563. The van der Waals surface area contributed by atoms with Gasteiger partial charge in [0.2, 0.25) is 0 Å². The molecule has 0 aliphatic rings. The van der Waals surface area contributed by atoms with E-state index in [2.05, 4.69) is 10.1 Å². The number of ether oxygens (including phenoxy) is 1. The van der Waals surface area contributed by atoms with Crippen LogP contribution in [0.4, 0.5) is 10.1 Å². The van der Waals surface area contributed by atoms with E-state index in [1.807, 2.05) is 0 Å². The standard InChI is InChI=1S/C11H11FN2O6/c1-20-9(11(16)17)5-13-10(15)7-4-6(14(18)19)2-3-8(7)12/h2-4,9H,5H2,1H3,(H,13,15)(H,16,17). The summed E-state index contributed by atoms with van der Waals surface area (Å²) in [5.41, 5.74) is -0.988. The number of methoxy groups -OCH3 is 1. The lowest BCUT2D eigenvalue weighted by atomic mass is 10.1. The first-order chi connectivity index (χ1) is 9.36. The second-order valence-corrected chi connectivity index (χ2v) is 3.69. The van der Waals surface area contributed by atoms with Crippen molar-refractivity contribution >= 4 is 17.6 Å². The first-order valence-electron chi connectivity index (χ1n) is 5.34. The third kappa shape index (κ3) is 3.72. The number of nitro groups is 1. The van der Waals surface area contributed by atoms with Crippen LogP contribution in [-0.2, 0) is 9.53 Å². The zero-order valence-electron chi connectivity index (χ0n) is 10.3. The Morgan fingerprint density at radius 3 is 2.70 bits per heavy atom. The molecular formula is C11H11FN2O6. The average molecular weight is 286 g/mol. The van der Waals surface area contributed by atoms with Crippen LogP contribution in [0.25, 0.3) is 0 Å². The number of hydrogen-bond donors (Lipinski definition) is 2. The summed E-state index contributed by atoms with van der Waals surface area (Å²) in [6, 6.07) is 2.48. The van der Waals surface area contributed by atoms with Crippen LogP contribution >= 0.6 is 0 Å². The van der Waals surface area contributed by atoms with Crippen molar-refractivity contribution in [2.24, 2.45) is 0 Å². The SMILES string of the molecule is COC(CNC(=O)c1cc([N+](=O)[O-])ccc1F)C(=O)O. The first-order valence-corrected chi connectivity index (χ1v) is 5.34. The lowest BCUT2D eigenvalue weighted by Gasteiger charge is -2.11. The van der Waals surface area contributed by atoms with Gasteiger partial charge in [0.15, 0.2) is 6.10 Å². The van der Waals surface area contributed by atoms with Gasteiger partial charge < -0.3 is 15.2 Å². The van der Waals surface area contributed by atoms with Crippen molar-refractivity contribution in [1.29, 1.82) is 0 Å². The molecule has 8 nitrogen and oxygen atoms in total. The van der Waals surface area contributed by atoms with Gasteiger partial charge in [0.05, 0.1) is 17.0 Å². The third-order valence-corrected chi connectivity index (χ3v) is 2.41. The fourth-order valence-electron chi connectivity index (χ4n) is 1.35. The van der Waals surface area contributed by atoms with Crippen LogP contribution in [0.5, 0.6) is 0 Å². The molecule has 108 valence electrons. The minimum Gasteiger partial charge on any atom is -0.479 e. The van der Waals surface area contributed by atoms with Gasteiger partial charge >= 0.3 is 5.97 Å². The number of nitrogens with zero attached hydrogens (tertiary/aromatic N) is 1. The number of nitro benzene ring substituents is 1. The lowest BCUT2D eigenvalue weighted by Crippen LogP contribution is -2.38. The normalized spacial score (nSPS) is 11.7. The number of amides is 1. The van der Waals surface area contributed by atoms with Gasteiger partial charge in [-0.1, -0.05) is 0 Å². The van der Waals surface area contributed by atoms with E-state index in [1.165, 1.54) is 0 Å². The number of benzene rings is 1. The van der Waals surface area contributed by atoms with E-state index in [9.17, 15) is 24.1 Å². The number of rotatable bonds is 6. The summed E-state index contributed by atoms with van der Waals surface area (Å²) in [7, 11) is 1.14. The van der Waals surface area contributed by atoms with E-state index in [-0.39, 0.29) is 0 Å². The molecule has 1 aromatic carbocycles. The minimum absolute atomic E-state index is 0.396. The van der Waals surface area contributed by atoms with Gasteiger partial charge in [0.25, 0.3) is 11.6 Å². The monoisotopic (exact) mass is 286 g/mol. The van der Waals surface area contributed by atoms with E-state index in [4.69, 9.17) is 5.11 Å². The summed E-state index contributed by atoms with van der Waals surface area (Å²) in [6.45, 7) is -0.396. The van der Waals surface area contributed by atoms with E-state index < -0.39 is 46.5 Å². The van der Waals surface area contributed by atoms with Gasteiger partial charge in [-0.05, 0) is 6.07 Å². The molecule has 20 heavy (non-hydrogen) atoms. The molecule has 9 heteroatoms. The summed E-state index contributed by atoms with van der Waals surface area (Å²) in [5.74, 6) is -3.21. The molecule has 1 atom stereocenters. The molecule has 1 amide bonds. The number of non-ortho nitro benzene ring substituents is 1. The van der Waals surface area contributed by atoms with Crippen molar-refractivity contribution in [1.82, 2.24) is 5.32 Å². The molecule has 0 spiro atoms. The first kappa shape index (κ1) is 15.5. The molecule has 0 fully saturated rings. The molecule has 1 aromatic rings. The smallest absolute Gasteiger partial charge is 0.334 e. The maximum atomic E-state index is 13.4. The highest BCUT2D eigenvalue weighted by Crippen LogP contribution is 2.16. The van der Waals surface area contributed by atoms with Crippen molar-refractivity contribution in [3.05, 3.63) is 39.7 Å². The van der Waals surface area contributed by atoms with Crippen molar-refractivity contribution in [2.75, 3.05) is 13.7 Å². The Morgan fingerprint density at radius 1 is 1.55 bits per heavy atom. The van der Waals surface area contributed by atoms with Gasteiger partial charge in [-0.15, -0.1) is 0 Å². The highest BCUT2D eigenvalue weighted by molar-refractivity contribution is 5.95. The van der Waals surface area contributed by atoms with Crippen LogP contribution in [0.2, 0.25) is 0 Å². The molecule has 0 heterocycles. The maximum Gasteiger partial charge on any atom is 0.334 e. The highest BCUT2D eigenvalue weighted by atomic mass is 19.1. The molecule has 0 saturated carbocycles. The van der Waals surface area contributed by atoms with E-state index in [1.54, 1.807) is 0 Å². The van der Waals surface area contributed by atoms with E-state index >= 15 is 0 Å². The van der Waals surface area contributed by atoms with Gasteiger partial charge in [-0.2, -0.15) is 0 Å². The number of aliphatic carboxylic acids is 1. The number of halogens is 1. The number of carbonyl (C=O) groups excluding carboxylic acids is 1. The van der Waals surface area contributed by atoms with E-state index in [0.29, 0.717) is 0 Å². The number of carbonyl (C=O) groups is 2. The molecule has 1 unspecified atom stereocenters. The zero-order valence-corrected chi connectivity index (χ0v) is 10.3. The Labute approximate surface area is 112 Å². The topological polar surface area (TPSA) is 119 Å².